The van der Waals surface area contributed by atoms with E-state index in [4.69, 9.17) is 27.9 Å². The molecule has 0 aliphatic heterocycles. The Morgan fingerprint density at radius 3 is 2.64 bits per heavy atom. The Kier molecular flexibility index (Phi) is 6.96. The number of hydrogen-bond donors (Lipinski definition) is 1. The number of benzene rings is 3. The highest BCUT2D eigenvalue weighted by molar-refractivity contribution is 6.32. The van der Waals surface area contributed by atoms with E-state index in [1.807, 2.05) is 25.1 Å². The van der Waals surface area contributed by atoms with Gasteiger partial charge >= 0.3 is 0 Å². The van der Waals surface area contributed by atoms with Crippen LogP contribution >= 0.6 is 23.2 Å². The minimum Gasteiger partial charge on any atom is -0.487 e. The van der Waals surface area contributed by atoms with Crippen LogP contribution < -0.4 is 10.1 Å². The zero-order valence-corrected chi connectivity index (χ0v) is 19.2. The summed E-state index contributed by atoms with van der Waals surface area (Å²) in [7, 11) is 0. The Morgan fingerprint density at radius 1 is 1.03 bits per heavy atom. The van der Waals surface area contributed by atoms with Crippen molar-refractivity contribution in [1.29, 1.82) is 0 Å². The van der Waals surface area contributed by atoms with Crippen LogP contribution in [0.5, 0.6) is 5.75 Å². The molecule has 1 N–H and O–H groups in total. The van der Waals surface area contributed by atoms with Gasteiger partial charge in [0.1, 0.15) is 18.2 Å². The van der Waals surface area contributed by atoms with Crippen molar-refractivity contribution in [2.24, 2.45) is 0 Å². The maximum absolute atomic E-state index is 13.3. The molecule has 0 atom stereocenters. The van der Waals surface area contributed by atoms with Crippen molar-refractivity contribution < 1.29 is 13.9 Å². The molecule has 0 unspecified atom stereocenters. The fourth-order valence-electron chi connectivity index (χ4n) is 3.26. The van der Waals surface area contributed by atoms with E-state index in [1.54, 1.807) is 47.1 Å². The molecular weight excluding hydrogens is 464 g/mol. The van der Waals surface area contributed by atoms with Crippen LogP contribution in [0.2, 0.25) is 10.0 Å². The molecule has 0 aliphatic carbocycles. The van der Waals surface area contributed by atoms with Gasteiger partial charge in [-0.15, -0.1) is 0 Å². The summed E-state index contributed by atoms with van der Waals surface area (Å²) in [6.45, 7) is 2.50. The summed E-state index contributed by atoms with van der Waals surface area (Å²) >= 11 is 12.2. The summed E-state index contributed by atoms with van der Waals surface area (Å²) in [6.07, 6.45) is 0. The smallest absolute Gasteiger partial charge is 0.256 e. The summed E-state index contributed by atoms with van der Waals surface area (Å²) < 4.78 is 20.7. The van der Waals surface area contributed by atoms with Crippen molar-refractivity contribution in [3.05, 3.63) is 111 Å². The lowest BCUT2D eigenvalue weighted by Gasteiger charge is -2.09. The van der Waals surface area contributed by atoms with E-state index in [2.05, 4.69) is 10.4 Å². The van der Waals surface area contributed by atoms with Gasteiger partial charge in [-0.05, 0) is 54.4 Å². The second kappa shape index (κ2) is 10.1. The Morgan fingerprint density at radius 2 is 1.85 bits per heavy atom. The summed E-state index contributed by atoms with van der Waals surface area (Å²) in [5.41, 5.74) is 2.86. The minimum atomic E-state index is -0.395. The number of ether oxygens (including phenoxy) is 1. The molecule has 4 aromatic rings. The zero-order valence-electron chi connectivity index (χ0n) is 17.7. The third-order valence-electron chi connectivity index (χ3n) is 4.98. The van der Waals surface area contributed by atoms with E-state index in [-0.39, 0.29) is 12.5 Å². The molecule has 1 amide bonds. The van der Waals surface area contributed by atoms with E-state index in [0.717, 1.165) is 16.8 Å². The predicted octanol–water partition coefficient (Wildman–Crippen LogP) is 6.52. The quantitative estimate of drug-likeness (QED) is 0.325. The molecule has 4 rings (SSSR count). The number of nitrogens with zero attached hydrogens (tertiary/aromatic N) is 2. The number of rotatable bonds is 7. The lowest BCUT2D eigenvalue weighted by Crippen LogP contribution is -2.13. The van der Waals surface area contributed by atoms with Crippen molar-refractivity contribution >= 4 is 34.9 Å². The van der Waals surface area contributed by atoms with Crippen molar-refractivity contribution in [1.82, 2.24) is 9.78 Å². The first-order valence-corrected chi connectivity index (χ1v) is 10.9. The summed E-state index contributed by atoms with van der Waals surface area (Å²) in [5.74, 6) is 0.303. The summed E-state index contributed by atoms with van der Waals surface area (Å²) in [4.78, 5) is 12.8. The van der Waals surface area contributed by atoms with Crippen molar-refractivity contribution in [3.63, 3.8) is 0 Å². The Bertz CT molecular complexity index is 1310. The molecule has 0 bridgehead atoms. The first kappa shape index (κ1) is 22.8. The van der Waals surface area contributed by atoms with E-state index in [1.165, 1.54) is 12.1 Å². The normalized spacial score (nSPS) is 10.8. The molecule has 3 aromatic carbocycles. The fraction of sp³-hybridized carbons (Fsp3) is 0.120. The molecule has 8 heteroatoms. The van der Waals surface area contributed by atoms with Gasteiger partial charge in [-0.25, -0.2) is 4.39 Å². The lowest BCUT2D eigenvalue weighted by molar-refractivity contribution is 0.102. The molecular formula is C25H20Cl2FN3O2. The highest BCUT2D eigenvalue weighted by Crippen LogP contribution is 2.24. The third-order valence-corrected chi connectivity index (χ3v) is 5.64. The average molecular weight is 484 g/mol. The molecule has 1 aromatic heterocycles. The Balaban J connectivity index is 1.42. The minimum absolute atomic E-state index is 0.275. The molecule has 0 saturated heterocycles. The van der Waals surface area contributed by atoms with Crippen LogP contribution in [0, 0.1) is 12.7 Å². The Hall–Kier alpha value is -3.35. The molecule has 168 valence electrons. The maximum atomic E-state index is 13.3. The van der Waals surface area contributed by atoms with Gasteiger partial charge in [-0.2, -0.15) is 5.10 Å². The topological polar surface area (TPSA) is 56.1 Å². The van der Waals surface area contributed by atoms with Crippen LogP contribution in [0.1, 0.15) is 27.2 Å². The number of carbonyl (C=O) groups excluding carboxylic acids is 1. The molecule has 0 fully saturated rings. The fourth-order valence-corrected chi connectivity index (χ4v) is 3.67. The summed E-state index contributed by atoms with van der Waals surface area (Å²) in [5, 5.41) is 8.10. The first-order chi connectivity index (χ1) is 15.9. The van der Waals surface area contributed by atoms with Crippen LogP contribution in [0.15, 0.2) is 72.8 Å². The highest BCUT2D eigenvalue weighted by atomic mass is 35.5. The molecule has 5 nitrogen and oxygen atoms in total. The van der Waals surface area contributed by atoms with Gasteiger partial charge in [-0.1, -0.05) is 53.5 Å². The van der Waals surface area contributed by atoms with E-state index in [9.17, 15) is 9.18 Å². The molecule has 33 heavy (non-hydrogen) atoms. The van der Waals surface area contributed by atoms with Crippen molar-refractivity contribution in [2.45, 2.75) is 20.1 Å². The van der Waals surface area contributed by atoms with Gasteiger partial charge in [-0.3, -0.25) is 9.48 Å². The molecule has 0 saturated carbocycles. The number of para-hydroxylation sites is 1. The zero-order chi connectivity index (χ0) is 23.4. The highest BCUT2D eigenvalue weighted by Gasteiger charge is 2.12. The molecule has 0 aliphatic rings. The number of halogens is 3. The number of amides is 1. The monoisotopic (exact) mass is 483 g/mol. The molecule has 0 spiro atoms. The first-order valence-electron chi connectivity index (χ1n) is 10.1. The van der Waals surface area contributed by atoms with Crippen molar-refractivity contribution in [2.75, 3.05) is 5.32 Å². The maximum Gasteiger partial charge on any atom is 0.256 e. The third kappa shape index (κ3) is 5.72. The molecule has 0 radical (unpaired) electrons. The lowest BCUT2D eigenvalue weighted by atomic mass is 10.1. The van der Waals surface area contributed by atoms with Crippen LogP contribution in [0.4, 0.5) is 10.2 Å². The van der Waals surface area contributed by atoms with Gasteiger partial charge in [0.15, 0.2) is 5.82 Å². The summed E-state index contributed by atoms with van der Waals surface area (Å²) in [6, 6.07) is 20.4. The van der Waals surface area contributed by atoms with Gasteiger partial charge in [0.05, 0.1) is 11.6 Å². The van der Waals surface area contributed by atoms with E-state index < -0.39 is 5.82 Å². The van der Waals surface area contributed by atoms with Gasteiger partial charge in [0.2, 0.25) is 0 Å². The largest absolute Gasteiger partial charge is 0.487 e. The van der Waals surface area contributed by atoms with E-state index in [0.29, 0.717) is 33.7 Å². The number of nitrogens with one attached hydrogen (secondary N) is 1. The second-order valence-corrected chi connectivity index (χ2v) is 8.25. The van der Waals surface area contributed by atoms with Gasteiger partial charge < -0.3 is 10.1 Å². The van der Waals surface area contributed by atoms with E-state index >= 15 is 0 Å². The molecule has 1 heterocycles. The van der Waals surface area contributed by atoms with Crippen LogP contribution in [-0.4, -0.2) is 15.7 Å². The van der Waals surface area contributed by atoms with Gasteiger partial charge in [0.25, 0.3) is 5.91 Å². The predicted molar refractivity (Wildman–Crippen MR) is 128 cm³/mol. The standard InChI is InChI=1S/C25H20Cl2FN3O2/c1-16-11-24(30-31(16)14-19-9-10-20(28)13-22(19)27)29-25(32)18-6-4-5-17(12-18)15-33-23-8-3-2-7-21(23)26/h2-13H,14-15H2,1H3,(H,29,30,32). The second-order valence-electron chi connectivity index (χ2n) is 7.44. The van der Waals surface area contributed by atoms with Crippen LogP contribution in [0.3, 0.4) is 0 Å². The number of aryl methyl sites for hydroxylation is 1. The van der Waals surface area contributed by atoms with Crippen LogP contribution in [-0.2, 0) is 13.2 Å². The number of hydrogen-bond acceptors (Lipinski definition) is 3. The number of aromatic nitrogens is 2. The van der Waals surface area contributed by atoms with Crippen molar-refractivity contribution in [3.8, 4) is 5.75 Å². The SMILES string of the molecule is Cc1cc(NC(=O)c2cccc(COc3ccccc3Cl)c2)nn1Cc1ccc(F)cc1Cl. The Labute approximate surface area is 200 Å². The number of anilines is 1. The number of carbonyl (C=O) groups is 1. The van der Waals surface area contributed by atoms with Crippen LogP contribution in [0.25, 0.3) is 0 Å². The average Bonchev–Trinajstić information content (AvgIpc) is 3.13. The van der Waals surface area contributed by atoms with Gasteiger partial charge in [0, 0.05) is 22.3 Å².